The first-order valence-electron chi connectivity index (χ1n) is 8.14. The second-order valence-corrected chi connectivity index (χ2v) is 5.97. The molecule has 0 saturated heterocycles. The molecule has 5 nitrogen and oxygen atoms in total. The van der Waals surface area contributed by atoms with Crippen molar-refractivity contribution < 1.29 is 14.3 Å². The molecule has 0 unspecified atom stereocenters. The first-order chi connectivity index (χ1) is 11.7. The summed E-state index contributed by atoms with van der Waals surface area (Å²) >= 11 is 0. The Morgan fingerprint density at radius 1 is 1.00 bits per heavy atom. The highest BCUT2D eigenvalue weighted by atomic mass is 16.5. The second kappa shape index (κ2) is 6.00. The van der Waals surface area contributed by atoms with Crippen molar-refractivity contribution in [1.29, 1.82) is 0 Å². The molecule has 2 aromatic carbocycles. The Morgan fingerprint density at radius 2 is 1.75 bits per heavy atom. The molecule has 0 radical (unpaired) electrons. The van der Waals surface area contributed by atoms with Crippen LogP contribution in [0.15, 0.2) is 48.5 Å². The van der Waals surface area contributed by atoms with Crippen LogP contribution >= 0.6 is 0 Å². The third-order valence-corrected chi connectivity index (χ3v) is 4.51. The molecule has 0 saturated carbocycles. The van der Waals surface area contributed by atoms with E-state index in [4.69, 9.17) is 4.74 Å². The summed E-state index contributed by atoms with van der Waals surface area (Å²) in [5.41, 5.74) is 2.80. The highest BCUT2D eigenvalue weighted by Gasteiger charge is 2.29. The zero-order valence-electron chi connectivity index (χ0n) is 13.3. The van der Waals surface area contributed by atoms with Gasteiger partial charge in [-0.25, -0.2) is 0 Å². The summed E-state index contributed by atoms with van der Waals surface area (Å²) in [7, 11) is 0. The fourth-order valence-electron chi connectivity index (χ4n) is 3.31. The molecule has 0 aromatic heterocycles. The number of rotatable bonds is 2. The molecule has 2 aliphatic heterocycles. The van der Waals surface area contributed by atoms with Crippen LogP contribution in [0.5, 0.6) is 5.75 Å². The molecule has 2 aromatic rings. The number of amides is 2. The van der Waals surface area contributed by atoms with Gasteiger partial charge in [0.05, 0.1) is 18.7 Å². The molecule has 0 fully saturated rings. The number of para-hydroxylation sites is 3. The van der Waals surface area contributed by atoms with Gasteiger partial charge in [-0.2, -0.15) is 0 Å². The van der Waals surface area contributed by atoms with E-state index in [1.165, 1.54) is 5.56 Å². The standard InChI is InChI=1S/C19H18N2O3/c22-18-10-12-24-17-8-4-3-7-16(17)21(18)13-19(23)20-11-9-14-5-1-2-6-15(14)20/h1-8H,9-13H2. The number of ether oxygens (including phenoxy) is 1. The Bertz CT molecular complexity index is 803. The smallest absolute Gasteiger partial charge is 0.247 e. The molecule has 0 N–H and O–H groups in total. The molecule has 122 valence electrons. The minimum Gasteiger partial charge on any atom is -0.491 e. The largest absolute Gasteiger partial charge is 0.491 e. The predicted molar refractivity (Wildman–Crippen MR) is 91.4 cm³/mol. The van der Waals surface area contributed by atoms with E-state index in [2.05, 4.69) is 0 Å². The average molecular weight is 322 g/mol. The third kappa shape index (κ3) is 2.52. The van der Waals surface area contributed by atoms with E-state index in [1.807, 2.05) is 48.5 Å². The maximum absolute atomic E-state index is 12.8. The number of hydrogen-bond donors (Lipinski definition) is 0. The molecule has 24 heavy (non-hydrogen) atoms. The summed E-state index contributed by atoms with van der Waals surface area (Å²) in [6.45, 7) is 1.04. The van der Waals surface area contributed by atoms with Crippen molar-refractivity contribution in [2.75, 3.05) is 29.5 Å². The van der Waals surface area contributed by atoms with Gasteiger partial charge in [0.25, 0.3) is 0 Å². The summed E-state index contributed by atoms with van der Waals surface area (Å²) in [6.07, 6.45) is 1.13. The monoisotopic (exact) mass is 322 g/mol. The number of anilines is 2. The van der Waals surface area contributed by atoms with Crippen LogP contribution in [0.4, 0.5) is 11.4 Å². The molecule has 2 aliphatic rings. The minimum atomic E-state index is -0.0826. The second-order valence-electron chi connectivity index (χ2n) is 5.97. The number of hydrogen-bond acceptors (Lipinski definition) is 3. The predicted octanol–water partition coefficient (Wildman–Crippen LogP) is 2.39. The molecule has 0 aliphatic carbocycles. The van der Waals surface area contributed by atoms with Crippen LogP contribution in [-0.2, 0) is 16.0 Å². The van der Waals surface area contributed by atoms with Gasteiger partial charge in [0.1, 0.15) is 12.3 Å². The van der Waals surface area contributed by atoms with Crippen LogP contribution in [0.3, 0.4) is 0 Å². The number of nitrogens with zero attached hydrogens (tertiary/aromatic N) is 2. The number of carbonyl (C=O) groups is 2. The Balaban J connectivity index is 1.61. The maximum atomic E-state index is 12.8. The van der Waals surface area contributed by atoms with Crippen LogP contribution in [-0.4, -0.2) is 31.5 Å². The lowest BCUT2D eigenvalue weighted by Crippen LogP contribution is -2.42. The lowest BCUT2D eigenvalue weighted by Gasteiger charge is -2.25. The number of fused-ring (bicyclic) bond motifs is 2. The highest BCUT2D eigenvalue weighted by Crippen LogP contribution is 2.32. The first kappa shape index (κ1) is 14.8. The van der Waals surface area contributed by atoms with Gasteiger partial charge in [-0.15, -0.1) is 0 Å². The van der Waals surface area contributed by atoms with Crippen LogP contribution in [0.1, 0.15) is 12.0 Å². The van der Waals surface area contributed by atoms with Crippen LogP contribution in [0, 0.1) is 0 Å². The molecule has 0 atom stereocenters. The van der Waals surface area contributed by atoms with Gasteiger partial charge in [-0.3, -0.25) is 14.5 Å². The molecule has 5 heteroatoms. The topological polar surface area (TPSA) is 49.9 Å². The minimum absolute atomic E-state index is 0.0353. The Kier molecular flexibility index (Phi) is 3.69. The van der Waals surface area contributed by atoms with Crippen LogP contribution < -0.4 is 14.5 Å². The molecule has 2 amide bonds. The molecular formula is C19H18N2O3. The van der Waals surface area contributed by atoms with Gasteiger partial charge in [-0.05, 0) is 30.2 Å². The normalized spacial score (nSPS) is 16.2. The summed E-state index contributed by atoms with van der Waals surface area (Å²) in [5.74, 6) is 0.503. The van der Waals surface area contributed by atoms with Crippen molar-refractivity contribution in [3.8, 4) is 5.75 Å². The van der Waals surface area contributed by atoms with Crippen molar-refractivity contribution in [2.45, 2.75) is 12.8 Å². The van der Waals surface area contributed by atoms with E-state index in [9.17, 15) is 9.59 Å². The number of carbonyl (C=O) groups excluding carboxylic acids is 2. The van der Waals surface area contributed by atoms with Gasteiger partial charge >= 0.3 is 0 Å². The molecule has 2 heterocycles. The van der Waals surface area contributed by atoms with E-state index in [-0.39, 0.29) is 24.8 Å². The van der Waals surface area contributed by atoms with E-state index >= 15 is 0 Å². The third-order valence-electron chi connectivity index (χ3n) is 4.51. The Hall–Kier alpha value is -2.82. The van der Waals surface area contributed by atoms with Crippen molar-refractivity contribution in [1.82, 2.24) is 0 Å². The van der Waals surface area contributed by atoms with E-state index in [1.54, 1.807) is 9.80 Å². The van der Waals surface area contributed by atoms with Crippen molar-refractivity contribution in [2.24, 2.45) is 0 Å². The summed E-state index contributed by atoms with van der Waals surface area (Å²) in [4.78, 5) is 28.6. The number of benzene rings is 2. The summed E-state index contributed by atoms with van der Waals surface area (Å²) in [5, 5.41) is 0. The fraction of sp³-hybridized carbons (Fsp3) is 0.263. The average Bonchev–Trinajstić information content (AvgIpc) is 2.97. The SMILES string of the molecule is O=C(CN1C(=O)CCOc2ccccc21)N1CCc2ccccc21. The van der Waals surface area contributed by atoms with E-state index < -0.39 is 0 Å². The fourth-order valence-corrected chi connectivity index (χ4v) is 3.31. The van der Waals surface area contributed by atoms with Gasteiger partial charge < -0.3 is 9.64 Å². The maximum Gasteiger partial charge on any atom is 0.247 e. The summed E-state index contributed by atoms with van der Waals surface area (Å²) in [6, 6.07) is 15.3. The van der Waals surface area contributed by atoms with Crippen molar-refractivity contribution >= 4 is 23.2 Å². The highest BCUT2D eigenvalue weighted by molar-refractivity contribution is 6.05. The van der Waals surface area contributed by atoms with Gasteiger partial charge in [0.2, 0.25) is 11.8 Å². The Labute approximate surface area is 140 Å². The zero-order chi connectivity index (χ0) is 16.5. The van der Waals surface area contributed by atoms with Crippen molar-refractivity contribution in [3.05, 3.63) is 54.1 Å². The van der Waals surface area contributed by atoms with Crippen LogP contribution in [0.2, 0.25) is 0 Å². The van der Waals surface area contributed by atoms with E-state index in [0.717, 1.165) is 12.1 Å². The van der Waals surface area contributed by atoms with Gasteiger partial charge in [0, 0.05) is 12.2 Å². The lowest BCUT2D eigenvalue weighted by molar-refractivity contribution is -0.122. The molecule has 0 spiro atoms. The van der Waals surface area contributed by atoms with Gasteiger partial charge in [-0.1, -0.05) is 30.3 Å². The lowest BCUT2D eigenvalue weighted by atomic mass is 10.2. The van der Waals surface area contributed by atoms with Gasteiger partial charge in [0.15, 0.2) is 0 Å². The quantitative estimate of drug-likeness (QED) is 0.853. The van der Waals surface area contributed by atoms with Crippen LogP contribution in [0.25, 0.3) is 0 Å². The zero-order valence-corrected chi connectivity index (χ0v) is 13.3. The summed E-state index contributed by atoms with van der Waals surface area (Å²) < 4.78 is 5.63. The molecular weight excluding hydrogens is 304 g/mol. The first-order valence-corrected chi connectivity index (χ1v) is 8.14. The Morgan fingerprint density at radius 3 is 2.62 bits per heavy atom. The molecule has 4 rings (SSSR count). The van der Waals surface area contributed by atoms with E-state index in [0.29, 0.717) is 24.6 Å². The molecule has 0 bridgehead atoms. The van der Waals surface area contributed by atoms with Crippen molar-refractivity contribution in [3.63, 3.8) is 0 Å².